The number of nitrogens with zero attached hydrogens (tertiary/aromatic N) is 3. The molecule has 0 saturated carbocycles. The second kappa shape index (κ2) is 8.43. The number of thiazole rings is 1. The van der Waals surface area contributed by atoms with E-state index in [1.807, 2.05) is 41.3 Å². The van der Waals surface area contributed by atoms with Crippen molar-refractivity contribution in [3.05, 3.63) is 59.7 Å². The van der Waals surface area contributed by atoms with Gasteiger partial charge in [0.25, 0.3) is 5.91 Å². The zero-order valence-corrected chi connectivity index (χ0v) is 16.4. The van der Waals surface area contributed by atoms with Crippen molar-refractivity contribution in [1.82, 2.24) is 9.88 Å². The fourth-order valence-corrected chi connectivity index (χ4v) is 4.03. The summed E-state index contributed by atoms with van der Waals surface area (Å²) in [7, 11) is 0. The fourth-order valence-electron chi connectivity index (χ4n) is 2.94. The summed E-state index contributed by atoms with van der Waals surface area (Å²) in [6.45, 7) is 9.79. The van der Waals surface area contributed by atoms with E-state index in [1.54, 1.807) is 11.3 Å². The molecule has 0 spiro atoms. The summed E-state index contributed by atoms with van der Waals surface area (Å²) in [4.78, 5) is 22.0. The van der Waals surface area contributed by atoms with Gasteiger partial charge in [-0.15, -0.1) is 0 Å². The van der Waals surface area contributed by atoms with E-state index in [-0.39, 0.29) is 5.91 Å². The first-order valence-corrected chi connectivity index (χ1v) is 9.90. The zero-order valence-electron chi connectivity index (χ0n) is 15.6. The maximum absolute atomic E-state index is 13.2. The Hall–Kier alpha value is -2.24. The number of fused-ring (bicyclic) bond motifs is 1. The first-order valence-electron chi connectivity index (χ1n) is 9.08. The molecule has 0 unspecified atom stereocenters. The molecule has 2 aromatic carbocycles. The van der Waals surface area contributed by atoms with Crippen LogP contribution in [0.2, 0.25) is 0 Å². The Balaban J connectivity index is 1.94. The molecule has 26 heavy (non-hydrogen) atoms. The summed E-state index contributed by atoms with van der Waals surface area (Å²) in [6, 6.07) is 15.7. The standard InChI is InChI=1S/C21H25N3OS/c1-4-23(5-2)13-14-24(20(25)17-9-7-6-8-10-17)21-22-18-12-11-16(3)15-19(18)26-21/h6-12,15H,4-5,13-14H2,1-3H3. The van der Waals surface area contributed by atoms with E-state index in [9.17, 15) is 4.79 Å². The van der Waals surface area contributed by atoms with Gasteiger partial charge in [0.2, 0.25) is 0 Å². The smallest absolute Gasteiger partial charge is 0.260 e. The van der Waals surface area contributed by atoms with Gasteiger partial charge < -0.3 is 4.90 Å². The molecule has 0 fully saturated rings. The normalized spacial score (nSPS) is 11.2. The predicted molar refractivity (Wildman–Crippen MR) is 110 cm³/mol. The topological polar surface area (TPSA) is 36.4 Å². The lowest BCUT2D eigenvalue weighted by Crippen LogP contribution is -2.38. The molecular formula is C21H25N3OS. The predicted octanol–water partition coefficient (Wildman–Crippen LogP) is 4.59. The average Bonchev–Trinajstić information content (AvgIpc) is 3.08. The molecule has 136 valence electrons. The van der Waals surface area contributed by atoms with Crippen LogP contribution in [0.25, 0.3) is 10.2 Å². The summed E-state index contributed by atoms with van der Waals surface area (Å²) >= 11 is 1.58. The van der Waals surface area contributed by atoms with E-state index in [4.69, 9.17) is 4.98 Å². The Kier molecular flexibility index (Phi) is 6.01. The molecule has 0 aliphatic heterocycles. The van der Waals surface area contributed by atoms with Gasteiger partial charge in [0.15, 0.2) is 5.13 Å². The Labute approximate surface area is 159 Å². The summed E-state index contributed by atoms with van der Waals surface area (Å²) in [5, 5.41) is 0.770. The highest BCUT2D eigenvalue weighted by Gasteiger charge is 2.21. The van der Waals surface area contributed by atoms with Gasteiger partial charge in [-0.25, -0.2) is 4.98 Å². The van der Waals surface area contributed by atoms with Crippen molar-refractivity contribution in [3.8, 4) is 0 Å². The molecule has 0 radical (unpaired) electrons. The molecule has 0 aliphatic rings. The number of hydrogen-bond donors (Lipinski definition) is 0. The molecule has 0 aliphatic carbocycles. The quantitative estimate of drug-likeness (QED) is 0.613. The van der Waals surface area contributed by atoms with Crippen molar-refractivity contribution < 1.29 is 4.79 Å². The van der Waals surface area contributed by atoms with Gasteiger partial charge in [0.05, 0.1) is 10.2 Å². The van der Waals surface area contributed by atoms with Crippen LogP contribution in [0.4, 0.5) is 5.13 Å². The number of anilines is 1. The maximum Gasteiger partial charge on any atom is 0.260 e. The van der Waals surface area contributed by atoms with Gasteiger partial charge in [-0.2, -0.15) is 0 Å². The number of hydrogen-bond acceptors (Lipinski definition) is 4. The minimum Gasteiger partial charge on any atom is -0.302 e. The van der Waals surface area contributed by atoms with E-state index in [2.05, 4.69) is 37.8 Å². The van der Waals surface area contributed by atoms with E-state index in [0.717, 1.165) is 35.0 Å². The molecule has 0 bridgehead atoms. The van der Waals surface area contributed by atoms with Gasteiger partial charge in [-0.3, -0.25) is 9.69 Å². The Morgan fingerprint density at radius 1 is 1.04 bits per heavy atom. The molecule has 1 aromatic heterocycles. The average molecular weight is 368 g/mol. The Bertz CT molecular complexity index is 871. The van der Waals surface area contributed by atoms with Crippen LogP contribution in [-0.4, -0.2) is 42.0 Å². The third-order valence-corrected chi connectivity index (χ3v) is 5.60. The lowest BCUT2D eigenvalue weighted by Gasteiger charge is -2.24. The molecule has 3 aromatic rings. The van der Waals surface area contributed by atoms with Gasteiger partial charge in [-0.1, -0.05) is 49.4 Å². The van der Waals surface area contributed by atoms with Crippen LogP contribution in [-0.2, 0) is 0 Å². The van der Waals surface area contributed by atoms with Crippen LogP contribution >= 0.6 is 11.3 Å². The highest BCUT2D eigenvalue weighted by atomic mass is 32.1. The molecule has 0 saturated heterocycles. The van der Waals surface area contributed by atoms with E-state index < -0.39 is 0 Å². The van der Waals surface area contributed by atoms with E-state index >= 15 is 0 Å². The molecule has 0 N–H and O–H groups in total. The minimum absolute atomic E-state index is 0.00790. The Morgan fingerprint density at radius 3 is 2.46 bits per heavy atom. The van der Waals surface area contributed by atoms with Crippen molar-refractivity contribution >= 4 is 32.6 Å². The number of carbonyl (C=O) groups is 1. The van der Waals surface area contributed by atoms with Crippen molar-refractivity contribution in [1.29, 1.82) is 0 Å². The van der Waals surface area contributed by atoms with Crippen molar-refractivity contribution in [2.75, 3.05) is 31.1 Å². The summed E-state index contributed by atoms with van der Waals surface area (Å²) < 4.78 is 1.12. The summed E-state index contributed by atoms with van der Waals surface area (Å²) in [5.41, 5.74) is 2.85. The number of carbonyl (C=O) groups excluding carboxylic acids is 1. The number of likely N-dealkylation sites (N-methyl/N-ethyl adjacent to an activating group) is 1. The Morgan fingerprint density at radius 2 is 1.77 bits per heavy atom. The summed E-state index contributed by atoms with van der Waals surface area (Å²) in [6.07, 6.45) is 0. The molecule has 5 heteroatoms. The number of amides is 1. The van der Waals surface area contributed by atoms with Gasteiger partial charge in [0.1, 0.15) is 0 Å². The van der Waals surface area contributed by atoms with Crippen LogP contribution in [0.5, 0.6) is 0 Å². The second-order valence-corrected chi connectivity index (χ2v) is 7.33. The zero-order chi connectivity index (χ0) is 18.5. The number of rotatable bonds is 7. The molecule has 0 atom stereocenters. The monoisotopic (exact) mass is 367 g/mol. The highest BCUT2D eigenvalue weighted by Crippen LogP contribution is 2.30. The van der Waals surface area contributed by atoms with Crippen LogP contribution in [0.15, 0.2) is 48.5 Å². The molecule has 4 nitrogen and oxygen atoms in total. The van der Waals surface area contributed by atoms with Crippen LogP contribution in [0, 0.1) is 6.92 Å². The first kappa shape index (κ1) is 18.5. The van der Waals surface area contributed by atoms with Crippen molar-refractivity contribution in [2.24, 2.45) is 0 Å². The highest BCUT2D eigenvalue weighted by molar-refractivity contribution is 7.22. The lowest BCUT2D eigenvalue weighted by molar-refractivity contribution is 0.0984. The largest absolute Gasteiger partial charge is 0.302 e. The third kappa shape index (κ3) is 4.11. The van der Waals surface area contributed by atoms with Crippen LogP contribution in [0.3, 0.4) is 0 Å². The summed E-state index contributed by atoms with van der Waals surface area (Å²) in [5.74, 6) is 0.00790. The number of aryl methyl sites for hydroxylation is 1. The molecular weight excluding hydrogens is 342 g/mol. The van der Waals surface area contributed by atoms with E-state index in [0.29, 0.717) is 12.1 Å². The number of aromatic nitrogens is 1. The molecule has 1 amide bonds. The lowest BCUT2D eigenvalue weighted by atomic mass is 10.2. The SMILES string of the molecule is CCN(CC)CCN(C(=O)c1ccccc1)c1nc2ccc(C)cc2s1. The van der Waals surface area contributed by atoms with Gasteiger partial charge in [0, 0.05) is 18.7 Å². The van der Waals surface area contributed by atoms with Crippen molar-refractivity contribution in [3.63, 3.8) is 0 Å². The molecule has 1 heterocycles. The van der Waals surface area contributed by atoms with Crippen molar-refractivity contribution in [2.45, 2.75) is 20.8 Å². The van der Waals surface area contributed by atoms with Crippen LogP contribution in [0.1, 0.15) is 29.8 Å². The van der Waals surface area contributed by atoms with Gasteiger partial charge >= 0.3 is 0 Å². The maximum atomic E-state index is 13.2. The second-order valence-electron chi connectivity index (χ2n) is 6.32. The first-order chi connectivity index (χ1) is 12.6. The molecule has 3 rings (SSSR count). The minimum atomic E-state index is 0.00790. The van der Waals surface area contributed by atoms with Gasteiger partial charge in [-0.05, 0) is 49.8 Å². The van der Waals surface area contributed by atoms with E-state index in [1.165, 1.54) is 5.56 Å². The fraction of sp³-hybridized carbons (Fsp3) is 0.333. The third-order valence-electron chi connectivity index (χ3n) is 4.56. The number of benzene rings is 2. The van der Waals surface area contributed by atoms with Crippen LogP contribution < -0.4 is 4.90 Å².